The van der Waals surface area contributed by atoms with Crippen LogP contribution in [0.2, 0.25) is 0 Å². The van der Waals surface area contributed by atoms with E-state index in [4.69, 9.17) is 5.73 Å². The summed E-state index contributed by atoms with van der Waals surface area (Å²) in [5.74, 6) is 1.97. The number of rotatable bonds is 4. The van der Waals surface area contributed by atoms with Crippen LogP contribution in [0.1, 0.15) is 23.2 Å². The molecule has 1 fully saturated rings. The van der Waals surface area contributed by atoms with Crippen LogP contribution in [0.25, 0.3) is 0 Å². The highest BCUT2D eigenvalue weighted by Gasteiger charge is 2.35. The van der Waals surface area contributed by atoms with Crippen molar-refractivity contribution in [3.8, 4) is 0 Å². The standard InChI is InChI=1S/C15H18N2O/c16-15(18)11-3-5-14(6-4-11)17-9-13-8-10-1-2-12(13)7-10/h1-6,10,12-13,17H,7-9H2,(H2,16,18). The number of primary amides is 1. The van der Waals surface area contributed by atoms with Crippen LogP contribution in [-0.2, 0) is 0 Å². The van der Waals surface area contributed by atoms with Crippen molar-refractivity contribution < 1.29 is 4.79 Å². The lowest BCUT2D eigenvalue weighted by Gasteiger charge is -2.19. The lowest BCUT2D eigenvalue weighted by Crippen LogP contribution is -2.18. The van der Waals surface area contributed by atoms with Crippen LogP contribution in [-0.4, -0.2) is 12.5 Å². The van der Waals surface area contributed by atoms with Gasteiger partial charge in [-0.25, -0.2) is 0 Å². The zero-order valence-corrected chi connectivity index (χ0v) is 10.3. The smallest absolute Gasteiger partial charge is 0.248 e. The molecule has 0 aliphatic heterocycles. The Hall–Kier alpha value is -1.77. The number of benzene rings is 1. The Bertz CT molecular complexity index is 478. The lowest BCUT2D eigenvalue weighted by molar-refractivity contribution is 0.100. The molecule has 1 amide bonds. The number of hydrogen-bond acceptors (Lipinski definition) is 2. The van der Waals surface area contributed by atoms with Gasteiger partial charge in [-0.2, -0.15) is 0 Å². The summed E-state index contributed by atoms with van der Waals surface area (Å²) >= 11 is 0. The number of nitrogens with one attached hydrogen (secondary N) is 1. The molecule has 0 heterocycles. The highest BCUT2D eigenvalue weighted by Crippen LogP contribution is 2.43. The van der Waals surface area contributed by atoms with Gasteiger partial charge >= 0.3 is 0 Å². The third-order valence-corrected chi connectivity index (χ3v) is 4.15. The van der Waals surface area contributed by atoms with Crippen LogP contribution in [0.3, 0.4) is 0 Å². The summed E-state index contributed by atoms with van der Waals surface area (Å²) in [6.07, 6.45) is 7.39. The predicted octanol–water partition coefficient (Wildman–Crippen LogP) is 2.41. The topological polar surface area (TPSA) is 55.1 Å². The third-order valence-electron chi connectivity index (χ3n) is 4.15. The molecule has 94 valence electrons. The highest BCUT2D eigenvalue weighted by molar-refractivity contribution is 5.93. The van der Waals surface area contributed by atoms with E-state index < -0.39 is 0 Å². The van der Waals surface area contributed by atoms with Crippen molar-refractivity contribution in [2.75, 3.05) is 11.9 Å². The van der Waals surface area contributed by atoms with Gasteiger partial charge in [0.25, 0.3) is 0 Å². The number of anilines is 1. The minimum Gasteiger partial charge on any atom is -0.385 e. The lowest BCUT2D eigenvalue weighted by atomic mass is 9.93. The van der Waals surface area contributed by atoms with E-state index in [0.29, 0.717) is 5.56 Å². The van der Waals surface area contributed by atoms with Crippen molar-refractivity contribution in [3.05, 3.63) is 42.0 Å². The summed E-state index contributed by atoms with van der Waals surface area (Å²) < 4.78 is 0. The van der Waals surface area contributed by atoms with E-state index in [0.717, 1.165) is 30.0 Å². The quantitative estimate of drug-likeness (QED) is 0.797. The molecule has 0 saturated heterocycles. The molecule has 0 spiro atoms. The molecule has 18 heavy (non-hydrogen) atoms. The molecule has 1 aromatic carbocycles. The molecule has 1 saturated carbocycles. The number of fused-ring (bicyclic) bond motifs is 2. The molecule has 3 nitrogen and oxygen atoms in total. The van der Waals surface area contributed by atoms with Gasteiger partial charge < -0.3 is 11.1 Å². The second-order valence-corrected chi connectivity index (χ2v) is 5.36. The Morgan fingerprint density at radius 1 is 1.22 bits per heavy atom. The van der Waals surface area contributed by atoms with E-state index in [1.165, 1.54) is 12.8 Å². The monoisotopic (exact) mass is 242 g/mol. The van der Waals surface area contributed by atoms with E-state index in [9.17, 15) is 4.79 Å². The average molecular weight is 242 g/mol. The summed E-state index contributed by atoms with van der Waals surface area (Å²) in [5, 5.41) is 3.45. The maximum atomic E-state index is 11.0. The molecule has 3 rings (SSSR count). The van der Waals surface area contributed by atoms with Crippen LogP contribution < -0.4 is 11.1 Å². The van der Waals surface area contributed by atoms with Gasteiger partial charge in [0.05, 0.1) is 0 Å². The molecule has 0 radical (unpaired) electrons. The Morgan fingerprint density at radius 3 is 2.56 bits per heavy atom. The summed E-state index contributed by atoms with van der Waals surface area (Å²) in [6, 6.07) is 7.38. The molecular formula is C15H18N2O. The first kappa shape index (κ1) is 11.3. The molecule has 2 aliphatic rings. The van der Waals surface area contributed by atoms with Crippen molar-refractivity contribution >= 4 is 11.6 Å². The second kappa shape index (κ2) is 4.48. The molecule has 2 bridgehead atoms. The first-order valence-corrected chi connectivity index (χ1v) is 6.54. The van der Waals surface area contributed by atoms with Crippen LogP contribution in [0.4, 0.5) is 5.69 Å². The molecule has 3 N–H and O–H groups in total. The number of amides is 1. The van der Waals surface area contributed by atoms with Crippen LogP contribution in [0.5, 0.6) is 0 Å². The fraction of sp³-hybridized carbons (Fsp3) is 0.400. The van der Waals surface area contributed by atoms with E-state index >= 15 is 0 Å². The van der Waals surface area contributed by atoms with Crippen molar-refractivity contribution in [1.29, 1.82) is 0 Å². The van der Waals surface area contributed by atoms with Crippen molar-refractivity contribution in [1.82, 2.24) is 0 Å². The first-order valence-electron chi connectivity index (χ1n) is 6.54. The van der Waals surface area contributed by atoms with Gasteiger partial charge in [0.2, 0.25) is 5.91 Å². The summed E-state index contributed by atoms with van der Waals surface area (Å²) in [6.45, 7) is 1.02. The Kier molecular flexibility index (Phi) is 2.82. The molecule has 3 unspecified atom stereocenters. The van der Waals surface area contributed by atoms with E-state index in [-0.39, 0.29) is 5.91 Å². The molecule has 2 aliphatic carbocycles. The predicted molar refractivity (Wildman–Crippen MR) is 72.3 cm³/mol. The average Bonchev–Trinajstić information content (AvgIpc) is 2.99. The Morgan fingerprint density at radius 2 is 2.00 bits per heavy atom. The van der Waals surface area contributed by atoms with Gasteiger partial charge in [-0.1, -0.05) is 12.2 Å². The molecular weight excluding hydrogens is 224 g/mol. The minimum atomic E-state index is -0.375. The SMILES string of the molecule is NC(=O)c1ccc(NCC2CC3C=CC2C3)cc1. The van der Waals surface area contributed by atoms with Crippen molar-refractivity contribution in [2.24, 2.45) is 23.5 Å². The summed E-state index contributed by atoms with van der Waals surface area (Å²) in [5.41, 5.74) is 6.83. The fourth-order valence-corrected chi connectivity index (χ4v) is 3.13. The van der Waals surface area contributed by atoms with Crippen LogP contribution >= 0.6 is 0 Å². The number of carbonyl (C=O) groups is 1. The van der Waals surface area contributed by atoms with E-state index in [1.54, 1.807) is 12.1 Å². The highest BCUT2D eigenvalue weighted by atomic mass is 16.1. The van der Waals surface area contributed by atoms with E-state index in [2.05, 4.69) is 17.5 Å². The number of allylic oxidation sites excluding steroid dienone is 2. The molecule has 0 aromatic heterocycles. The van der Waals surface area contributed by atoms with Crippen LogP contribution in [0, 0.1) is 17.8 Å². The normalized spacial score (nSPS) is 28.6. The second-order valence-electron chi connectivity index (χ2n) is 5.36. The third kappa shape index (κ3) is 2.13. The van der Waals surface area contributed by atoms with Crippen molar-refractivity contribution in [3.63, 3.8) is 0 Å². The minimum absolute atomic E-state index is 0.375. The number of nitrogens with two attached hydrogens (primary N) is 1. The summed E-state index contributed by atoms with van der Waals surface area (Å²) in [7, 11) is 0. The van der Waals surface area contributed by atoms with Gasteiger partial charge in [-0.05, 0) is 54.9 Å². The van der Waals surface area contributed by atoms with Gasteiger partial charge in [-0.15, -0.1) is 0 Å². The van der Waals surface area contributed by atoms with Gasteiger partial charge in [0.1, 0.15) is 0 Å². The summed E-state index contributed by atoms with van der Waals surface area (Å²) in [4.78, 5) is 11.0. The zero-order valence-electron chi connectivity index (χ0n) is 10.3. The zero-order chi connectivity index (χ0) is 12.5. The van der Waals surface area contributed by atoms with Gasteiger partial charge in [0.15, 0.2) is 0 Å². The molecule has 3 heteroatoms. The largest absolute Gasteiger partial charge is 0.385 e. The Labute approximate surface area is 107 Å². The van der Waals surface area contributed by atoms with Crippen LogP contribution in [0.15, 0.2) is 36.4 Å². The maximum Gasteiger partial charge on any atom is 0.248 e. The van der Waals surface area contributed by atoms with Crippen molar-refractivity contribution in [2.45, 2.75) is 12.8 Å². The Balaban J connectivity index is 1.57. The number of carbonyl (C=O) groups excluding carboxylic acids is 1. The van der Waals surface area contributed by atoms with Gasteiger partial charge in [0, 0.05) is 17.8 Å². The molecule has 3 atom stereocenters. The number of hydrogen-bond donors (Lipinski definition) is 2. The maximum absolute atomic E-state index is 11.0. The van der Waals surface area contributed by atoms with E-state index in [1.807, 2.05) is 12.1 Å². The first-order chi connectivity index (χ1) is 8.72. The molecule has 1 aromatic rings. The van der Waals surface area contributed by atoms with Gasteiger partial charge in [-0.3, -0.25) is 4.79 Å². The fourth-order valence-electron chi connectivity index (χ4n) is 3.13.